The fourth-order valence-corrected chi connectivity index (χ4v) is 2.84. The molecule has 0 spiro atoms. The molecule has 0 saturated heterocycles. The van der Waals surface area contributed by atoms with E-state index in [-0.39, 0.29) is 36.6 Å². The summed E-state index contributed by atoms with van der Waals surface area (Å²) in [7, 11) is 1.85. The maximum atomic E-state index is 13.0. The number of halogens is 1. The molecule has 1 aromatic carbocycles. The SMILES string of the molecule is CN(Cc1ccc(F)cc1)c1ccc(OCC(=O)NCc2nc(-c3cccnc3)no2)nn1. The smallest absolute Gasteiger partial charge is 0.258 e. The van der Waals surface area contributed by atoms with Crippen molar-refractivity contribution in [3.05, 3.63) is 78.2 Å². The van der Waals surface area contributed by atoms with Gasteiger partial charge in [-0.2, -0.15) is 4.98 Å². The topological polar surface area (TPSA) is 119 Å². The van der Waals surface area contributed by atoms with Crippen LogP contribution in [0, 0.1) is 5.82 Å². The molecule has 0 saturated carbocycles. The number of ether oxygens (including phenoxy) is 1. The zero-order valence-corrected chi connectivity index (χ0v) is 17.7. The molecule has 0 unspecified atom stereocenters. The summed E-state index contributed by atoms with van der Waals surface area (Å²) >= 11 is 0. The summed E-state index contributed by atoms with van der Waals surface area (Å²) in [6, 6.07) is 13.2. The average molecular weight is 449 g/mol. The van der Waals surface area contributed by atoms with Crippen molar-refractivity contribution in [3.8, 4) is 17.3 Å². The first-order chi connectivity index (χ1) is 16.1. The van der Waals surface area contributed by atoms with Gasteiger partial charge >= 0.3 is 0 Å². The minimum Gasteiger partial charge on any atom is -0.466 e. The van der Waals surface area contributed by atoms with Gasteiger partial charge in [-0.25, -0.2) is 4.39 Å². The van der Waals surface area contributed by atoms with Crippen LogP contribution in [0.2, 0.25) is 0 Å². The van der Waals surface area contributed by atoms with Crippen molar-refractivity contribution in [2.75, 3.05) is 18.6 Å². The number of nitrogens with one attached hydrogen (secondary N) is 1. The summed E-state index contributed by atoms with van der Waals surface area (Å²) in [5.74, 6) is 0.810. The van der Waals surface area contributed by atoms with Crippen molar-refractivity contribution in [3.63, 3.8) is 0 Å². The van der Waals surface area contributed by atoms with E-state index in [1.54, 1.807) is 48.8 Å². The summed E-state index contributed by atoms with van der Waals surface area (Å²) in [6.07, 6.45) is 3.27. The van der Waals surface area contributed by atoms with E-state index >= 15 is 0 Å². The van der Waals surface area contributed by atoms with E-state index < -0.39 is 0 Å². The largest absolute Gasteiger partial charge is 0.466 e. The predicted octanol–water partition coefficient (Wildman–Crippen LogP) is 2.39. The number of rotatable bonds is 9. The van der Waals surface area contributed by atoms with E-state index in [1.807, 2.05) is 11.9 Å². The molecule has 0 aliphatic heterocycles. The van der Waals surface area contributed by atoms with Crippen molar-refractivity contribution in [1.82, 2.24) is 30.6 Å². The number of aromatic nitrogens is 5. The highest BCUT2D eigenvalue weighted by Gasteiger charge is 2.11. The predicted molar refractivity (Wildman–Crippen MR) is 115 cm³/mol. The van der Waals surface area contributed by atoms with Crippen molar-refractivity contribution in [2.45, 2.75) is 13.1 Å². The van der Waals surface area contributed by atoms with Gasteiger partial charge < -0.3 is 19.5 Å². The molecule has 0 fully saturated rings. The molecule has 0 aliphatic rings. The lowest BCUT2D eigenvalue weighted by molar-refractivity contribution is -0.123. The van der Waals surface area contributed by atoms with Crippen LogP contribution in [-0.2, 0) is 17.9 Å². The number of carbonyl (C=O) groups excluding carboxylic acids is 1. The Balaban J connectivity index is 1.22. The summed E-state index contributed by atoms with van der Waals surface area (Å²) in [6.45, 7) is 0.354. The fourth-order valence-electron chi connectivity index (χ4n) is 2.84. The molecular formula is C22H20FN7O3. The first kappa shape index (κ1) is 21.8. The van der Waals surface area contributed by atoms with Crippen molar-refractivity contribution >= 4 is 11.7 Å². The number of pyridine rings is 1. The summed E-state index contributed by atoms with van der Waals surface area (Å²) in [4.78, 5) is 22.1. The minimum atomic E-state index is -0.379. The molecule has 0 atom stereocenters. The zero-order chi connectivity index (χ0) is 23.0. The van der Waals surface area contributed by atoms with Gasteiger partial charge in [0.15, 0.2) is 12.4 Å². The number of anilines is 1. The number of nitrogens with zero attached hydrogens (tertiary/aromatic N) is 6. The van der Waals surface area contributed by atoms with Gasteiger partial charge in [-0.1, -0.05) is 17.3 Å². The van der Waals surface area contributed by atoms with E-state index in [9.17, 15) is 9.18 Å². The normalized spacial score (nSPS) is 10.6. The third-order valence-corrected chi connectivity index (χ3v) is 4.53. The molecule has 4 aromatic rings. The molecule has 4 rings (SSSR count). The molecular weight excluding hydrogens is 429 g/mol. The van der Waals surface area contributed by atoms with Crippen LogP contribution in [0.15, 0.2) is 65.4 Å². The highest BCUT2D eigenvalue weighted by molar-refractivity contribution is 5.77. The van der Waals surface area contributed by atoms with Crippen LogP contribution in [-0.4, -0.2) is 44.9 Å². The Bertz CT molecular complexity index is 1180. The minimum absolute atomic E-state index is 0.0637. The molecule has 168 valence electrons. The maximum Gasteiger partial charge on any atom is 0.258 e. The van der Waals surface area contributed by atoms with Gasteiger partial charge in [-0.05, 0) is 35.9 Å². The van der Waals surface area contributed by atoms with Crippen LogP contribution >= 0.6 is 0 Å². The Morgan fingerprint density at radius 2 is 2.00 bits per heavy atom. The van der Waals surface area contributed by atoms with E-state index in [0.29, 0.717) is 23.8 Å². The molecule has 10 nitrogen and oxygen atoms in total. The molecule has 0 bridgehead atoms. The number of amides is 1. The van der Waals surface area contributed by atoms with Gasteiger partial charge in [-0.3, -0.25) is 9.78 Å². The number of benzene rings is 1. The number of hydrogen-bond donors (Lipinski definition) is 1. The van der Waals surface area contributed by atoms with Gasteiger partial charge in [0.1, 0.15) is 5.82 Å². The molecule has 11 heteroatoms. The summed E-state index contributed by atoms with van der Waals surface area (Å²) in [5, 5.41) is 14.6. The Labute approximate surface area is 188 Å². The quantitative estimate of drug-likeness (QED) is 0.411. The standard InChI is InChI=1S/C22H20FN7O3/c1-30(13-15-4-6-17(23)7-5-15)18-8-9-20(28-27-18)32-14-19(31)25-12-21-26-22(29-33-21)16-3-2-10-24-11-16/h2-11H,12-14H2,1H3,(H,25,31). The van der Waals surface area contributed by atoms with Crippen LogP contribution < -0.4 is 15.0 Å². The molecule has 0 aliphatic carbocycles. The first-order valence-electron chi connectivity index (χ1n) is 9.98. The van der Waals surface area contributed by atoms with Crippen LogP contribution in [0.25, 0.3) is 11.4 Å². The van der Waals surface area contributed by atoms with E-state index in [1.165, 1.54) is 12.1 Å². The maximum absolute atomic E-state index is 13.0. The van der Waals surface area contributed by atoms with Gasteiger partial charge in [-0.15, -0.1) is 10.2 Å². The van der Waals surface area contributed by atoms with Gasteiger partial charge in [0.2, 0.25) is 17.6 Å². The highest BCUT2D eigenvalue weighted by atomic mass is 19.1. The summed E-state index contributed by atoms with van der Waals surface area (Å²) in [5.41, 5.74) is 1.65. The van der Waals surface area contributed by atoms with Crippen LogP contribution in [0.1, 0.15) is 11.5 Å². The monoisotopic (exact) mass is 449 g/mol. The third kappa shape index (κ3) is 6.06. The number of hydrogen-bond acceptors (Lipinski definition) is 9. The second-order valence-electron chi connectivity index (χ2n) is 7.03. The summed E-state index contributed by atoms with van der Waals surface area (Å²) < 4.78 is 23.5. The van der Waals surface area contributed by atoms with Crippen molar-refractivity contribution in [1.29, 1.82) is 0 Å². The van der Waals surface area contributed by atoms with Crippen LogP contribution in [0.5, 0.6) is 5.88 Å². The third-order valence-electron chi connectivity index (χ3n) is 4.53. The molecule has 3 heterocycles. The highest BCUT2D eigenvalue weighted by Crippen LogP contribution is 2.15. The molecule has 3 aromatic heterocycles. The van der Waals surface area contributed by atoms with E-state index in [4.69, 9.17) is 9.26 Å². The van der Waals surface area contributed by atoms with Gasteiger partial charge in [0.05, 0.1) is 6.54 Å². The first-order valence-corrected chi connectivity index (χ1v) is 9.98. The molecule has 0 radical (unpaired) electrons. The fraction of sp³-hybridized carbons (Fsp3) is 0.182. The Morgan fingerprint density at radius 3 is 2.73 bits per heavy atom. The van der Waals surface area contributed by atoms with Gasteiger partial charge in [0.25, 0.3) is 5.91 Å². The lowest BCUT2D eigenvalue weighted by Gasteiger charge is -2.17. The van der Waals surface area contributed by atoms with Crippen LogP contribution in [0.4, 0.5) is 10.2 Å². The van der Waals surface area contributed by atoms with Gasteiger partial charge in [0, 0.05) is 37.6 Å². The molecule has 33 heavy (non-hydrogen) atoms. The molecule has 1 amide bonds. The van der Waals surface area contributed by atoms with E-state index in [0.717, 1.165) is 5.56 Å². The van der Waals surface area contributed by atoms with Crippen LogP contribution in [0.3, 0.4) is 0 Å². The number of carbonyl (C=O) groups is 1. The second-order valence-corrected chi connectivity index (χ2v) is 7.03. The average Bonchev–Trinajstić information content (AvgIpc) is 3.33. The Kier molecular flexibility index (Phi) is 6.78. The second kappa shape index (κ2) is 10.3. The van der Waals surface area contributed by atoms with Crippen molar-refractivity contribution < 1.29 is 18.4 Å². The van der Waals surface area contributed by atoms with Crippen molar-refractivity contribution in [2.24, 2.45) is 0 Å². The Hall–Kier alpha value is -4.41. The Morgan fingerprint density at radius 1 is 1.15 bits per heavy atom. The lowest BCUT2D eigenvalue weighted by atomic mass is 10.2. The molecule has 1 N–H and O–H groups in total. The van der Waals surface area contributed by atoms with E-state index in [2.05, 4.69) is 30.6 Å². The zero-order valence-electron chi connectivity index (χ0n) is 17.7. The lowest BCUT2D eigenvalue weighted by Crippen LogP contribution is -2.28.